The van der Waals surface area contributed by atoms with Crippen molar-refractivity contribution in [3.05, 3.63) is 63.1 Å². The molecule has 1 aliphatic heterocycles. The lowest BCUT2D eigenvalue weighted by atomic mass is 10.2. The standard InChI is InChI=1S/C19H16Cl3N3O/c20-12-5-4-11-8-17(24-16(11)9-12)23-13-6-7-25(10-13)19(26)18-14(21)2-1-3-15(18)22/h1-5,8-9,13,23-24H,6-7,10H2/t13-/m1/s1. The number of nitrogens with zero attached hydrogens (tertiary/aromatic N) is 1. The van der Waals surface area contributed by atoms with E-state index in [1.54, 1.807) is 23.1 Å². The number of rotatable bonds is 3. The number of halogens is 3. The predicted molar refractivity (Wildman–Crippen MR) is 108 cm³/mol. The molecule has 26 heavy (non-hydrogen) atoms. The van der Waals surface area contributed by atoms with Gasteiger partial charge in [0.05, 0.1) is 15.6 Å². The molecule has 1 atom stereocenters. The Balaban J connectivity index is 1.47. The van der Waals surface area contributed by atoms with Crippen molar-refractivity contribution < 1.29 is 4.79 Å². The second kappa shape index (κ2) is 7.03. The average molecular weight is 409 g/mol. The van der Waals surface area contributed by atoms with Gasteiger partial charge in [-0.2, -0.15) is 0 Å². The molecule has 0 spiro atoms. The van der Waals surface area contributed by atoms with Crippen LogP contribution in [0.5, 0.6) is 0 Å². The van der Waals surface area contributed by atoms with Gasteiger partial charge in [-0.25, -0.2) is 0 Å². The Morgan fingerprint density at radius 2 is 1.88 bits per heavy atom. The lowest BCUT2D eigenvalue weighted by Gasteiger charge is -2.18. The summed E-state index contributed by atoms with van der Waals surface area (Å²) in [4.78, 5) is 17.9. The summed E-state index contributed by atoms with van der Waals surface area (Å²) in [5.41, 5.74) is 1.35. The molecule has 0 bridgehead atoms. The van der Waals surface area contributed by atoms with Crippen LogP contribution < -0.4 is 5.32 Å². The summed E-state index contributed by atoms with van der Waals surface area (Å²) < 4.78 is 0. The molecule has 3 aromatic rings. The number of anilines is 1. The minimum atomic E-state index is -0.131. The molecule has 134 valence electrons. The van der Waals surface area contributed by atoms with Crippen LogP contribution in [0.15, 0.2) is 42.5 Å². The first kappa shape index (κ1) is 17.5. The number of hydrogen-bond donors (Lipinski definition) is 2. The summed E-state index contributed by atoms with van der Waals surface area (Å²) in [7, 11) is 0. The highest BCUT2D eigenvalue weighted by Crippen LogP contribution is 2.28. The van der Waals surface area contributed by atoms with Gasteiger partial charge in [0.1, 0.15) is 5.82 Å². The smallest absolute Gasteiger partial charge is 0.256 e. The van der Waals surface area contributed by atoms with Crippen LogP contribution >= 0.6 is 34.8 Å². The highest BCUT2D eigenvalue weighted by Gasteiger charge is 2.29. The van der Waals surface area contributed by atoms with Crippen LogP contribution in [0.25, 0.3) is 10.9 Å². The maximum atomic E-state index is 12.8. The van der Waals surface area contributed by atoms with E-state index in [4.69, 9.17) is 34.8 Å². The summed E-state index contributed by atoms with van der Waals surface area (Å²) in [6, 6.07) is 13.0. The third kappa shape index (κ3) is 3.37. The topological polar surface area (TPSA) is 48.1 Å². The lowest BCUT2D eigenvalue weighted by Crippen LogP contribution is -2.32. The van der Waals surface area contributed by atoms with Gasteiger partial charge in [0.15, 0.2) is 0 Å². The zero-order valence-corrected chi connectivity index (χ0v) is 16.0. The first-order chi connectivity index (χ1) is 12.5. The molecular weight excluding hydrogens is 393 g/mol. The van der Waals surface area contributed by atoms with E-state index in [0.29, 0.717) is 33.7 Å². The highest BCUT2D eigenvalue weighted by molar-refractivity contribution is 6.39. The summed E-state index contributed by atoms with van der Waals surface area (Å²) in [6.07, 6.45) is 0.851. The number of carbonyl (C=O) groups is 1. The number of carbonyl (C=O) groups excluding carboxylic acids is 1. The monoisotopic (exact) mass is 407 g/mol. The Morgan fingerprint density at radius 1 is 1.12 bits per heavy atom. The van der Waals surface area contributed by atoms with Gasteiger partial charge in [0.2, 0.25) is 0 Å². The third-order valence-corrected chi connectivity index (χ3v) is 5.46. The number of aromatic amines is 1. The normalized spacial score (nSPS) is 17.0. The van der Waals surface area contributed by atoms with Gasteiger partial charge >= 0.3 is 0 Å². The van der Waals surface area contributed by atoms with Gasteiger partial charge in [-0.05, 0) is 36.8 Å². The Morgan fingerprint density at radius 3 is 2.65 bits per heavy atom. The number of nitrogens with one attached hydrogen (secondary N) is 2. The van der Waals surface area contributed by atoms with Gasteiger partial charge in [0, 0.05) is 35.1 Å². The van der Waals surface area contributed by atoms with Crippen LogP contribution in [0, 0.1) is 0 Å². The maximum Gasteiger partial charge on any atom is 0.256 e. The van der Waals surface area contributed by atoms with Crippen molar-refractivity contribution in [2.75, 3.05) is 18.4 Å². The molecule has 2 aromatic carbocycles. The van der Waals surface area contributed by atoms with E-state index in [1.807, 2.05) is 24.3 Å². The van der Waals surface area contributed by atoms with E-state index < -0.39 is 0 Å². The lowest BCUT2D eigenvalue weighted by molar-refractivity contribution is 0.0792. The zero-order chi connectivity index (χ0) is 18.3. The number of hydrogen-bond acceptors (Lipinski definition) is 2. The van der Waals surface area contributed by atoms with Crippen molar-refractivity contribution >= 4 is 57.4 Å². The molecule has 1 amide bonds. The average Bonchev–Trinajstić information content (AvgIpc) is 3.21. The second-order valence-corrected chi connectivity index (χ2v) is 7.64. The van der Waals surface area contributed by atoms with Gasteiger partial charge in [-0.3, -0.25) is 4.79 Å². The third-order valence-electron chi connectivity index (χ3n) is 4.60. The fourth-order valence-corrected chi connectivity index (χ4v) is 4.05. The van der Waals surface area contributed by atoms with Crippen molar-refractivity contribution in [3.63, 3.8) is 0 Å². The number of fused-ring (bicyclic) bond motifs is 1. The molecular formula is C19H16Cl3N3O. The second-order valence-electron chi connectivity index (χ2n) is 6.39. The number of aromatic nitrogens is 1. The molecule has 0 unspecified atom stereocenters. The fraction of sp³-hybridized carbons (Fsp3) is 0.211. The van der Waals surface area contributed by atoms with Crippen LogP contribution in [0.4, 0.5) is 5.82 Å². The molecule has 2 heterocycles. The van der Waals surface area contributed by atoms with E-state index >= 15 is 0 Å². The molecule has 4 nitrogen and oxygen atoms in total. The molecule has 1 aromatic heterocycles. The van der Waals surface area contributed by atoms with E-state index in [-0.39, 0.29) is 11.9 Å². The summed E-state index contributed by atoms with van der Waals surface area (Å²) in [6.45, 7) is 1.25. The predicted octanol–water partition coefficient (Wildman–Crippen LogP) is 5.45. The van der Waals surface area contributed by atoms with Crippen molar-refractivity contribution in [2.24, 2.45) is 0 Å². The van der Waals surface area contributed by atoms with Crippen molar-refractivity contribution in [2.45, 2.75) is 12.5 Å². The molecule has 1 fully saturated rings. The molecule has 7 heteroatoms. The molecule has 1 aliphatic rings. The Hall–Kier alpha value is -1.88. The number of benzene rings is 2. The molecule has 0 radical (unpaired) electrons. The largest absolute Gasteiger partial charge is 0.367 e. The van der Waals surface area contributed by atoms with Crippen molar-refractivity contribution in [1.82, 2.24) is 9.88 Å². The first-order valence-corrected chi connectivity index (χ1v) is 9.43. The van der Waals surface area contributed by atoms with E-state index in [0.717, 1.165) is 23.1 Å². The number of H-pyrrole nitrogens is 1. The maximum absolute atomic E-state index is 12.8. The van der Waals surface area contributed by atoms with Gasteiger partial charge in [-0.1, -0.05) is 46.9 Å². The summed E-state index contributed by atoms with van der Waals surface area (Å²) in [5.74, 6) is 0.783. The van der Waals surface area contributed by atoms with E-state index in [2.05, 4.69) is 10.3 Å². The molecule has 2 N–H and O–H groups in total. The van der Waals surface area contributed by atoms with Crippen LogP contribution in [-0.4, -0.2) is 34.9 Å². The number of likely N-dealkylation sites (tertiary alicyclic amines) is 1. The minimum absolute atomic E-state index is 0.131. The fourth-order valence-electron chi connectivity index (χ4n) is 3.32. The van der Waals surface area contributed by atoms with Crippen molar-refractivity contribution in [3.8, 4) is 0 Å². The van der Waals surface area contributed by atoms with Crippen LogP contribution in [0.1, 0.15) is 16.8 Å². The minimum Gasteiger partial charge on any atom is -0.367 e. The summed E-state index contributed by atoms with van der Waals surface area (Å²) in [5, 5.41) is 6.00. The zero-order valence-electron chi connectivity index (χ0n) is 13.7. The quantitative estimate of drug-likeness (QED) is 0.605. The molecule has 0 saturated carbocycles. The van der Waals surface area contributed by atoms with Gasteiger partial charge in [0.25, 0.3) is 5.91 Å². The van der Waals surface area contributed by atoms with E-state index in [9.17, 15) is 4.79 Å². The Bertz CT molecular complexity index is 965. The van der Waals surface area contributed by atoms with Crippen molar-refractivity contribution in [1.29, 1.82) is 0 Å². The molecule has 1 saturated heterocycles. The molecule has 0 aliphatic carbocycles. The Labute approximate surface area is 166 Å². The molecule has 4 rings (SSSR count). The van der Waals surface area contributed by atoms with E-state index in [1.165, 1.54) is 0 Å². The Kier molecular flexibility index (Phi) is 4.74. The SMILES string of the molecule is O=C(c1c(Cl)cccc1Cl)N1CC[C@@H](Nc2cc3ccc(Cl)cc3[nH]2)C1. The van der Waals surface area contributed by atoms with Gasteiger partial charge in [-0.15, -0.1) is 0 Å². The van der Waals surface area contributed by atoms with Crippen LogP contribution in [0.3, 0.4) is 0 Å². The summed E-state index contributed by atoms with van der Waals surface area (Å²) >= 11 is 18.4. The highest BCUT2D eigenvalue weighted by atomic mass is 35.5. The number of amides is 1. The van der Waals surface area contributed by atoms with Crippen LogP contribution in [-0.2, 0) is 0 Å². The van der Waals surface area contributed by atoms with Gasteiger partial charge < -0.3 is 15.2 Å². The first-order valence-electron chi connectivity index (χ1n) is 8.29. The van der Waals surface area contributed by atoms with Crippen LogP contribution in [0.2, 0.25) is 15.1 Å².